The fourth-order valence-electron chi connectivity index (χ4n) is 2.02. The van der Waals surface area contributed by atoms with Crippen LogP contribution in [0.1, 0.15) is 22.7 Å². The minimum atomic E-state index is -0.270. The molecule has 2 aromatic rings. The van der Waals surface area contributed by atoms with E-state index in [4.69, 9.17) is 17.3 Å². The fraction of sp³-hybridized carbons (Fsp3) is 0.200. The Balaban J connectivity index is 2.22. The number of halogens is 3. The Bertz CT molecular complexity index is 580. The first-order chi connectivity index (χ1) is 8.95. The van der Waals surface area contributed by atoms with Gasteiger partial charge in [0.15, 0.2) is 0 Å². The normalized spacial score (nSPS) is 12.5. The minimum Gasteiger partial charge on any atom is -0.324 e. The smallest absolute Gasteiger partial charge is 0.127 e. The first-order valence-corrected chi connectivity index (χ1v) is 7.09. The molecule has 1 atom stereocenters. The van der Waals surface area contributed by atoms with E-state index in [0.29, 0.717) is 17.0 Å². The van der Waals surface area contributed by atoms with Crippen molar-refractivity contribution in [3.8, 4) is 0 Å². The highest BCUT2D eigenvalue weighted by Gasteiger charge is 2.11. The molecule has 2 N–H and O–H groups in total. The van der Waals surface area contributed by atoms with Gasteiger partial charge in [0.1, 0.15) is 5.82 Å². The van der Waals surface area contributed by atoms with Crippen molar-refractivity contribution in [3.05, 3.63) is 68.4 Å². The summed E-state index contributed by atoms with van der Waals surface area (Å²) in [6.45, 7) is 1.96. The van der Waals surface area contributed by atoms with E-state index in [-0.39, 0.29) is 11.9 Å². The summed E-state index contributed by atoms with van der Waals surface area (Å²) in [6.07, 6.45) is 0.443. The summed E-state index contributed by atoms with van der Waals surface area (Å²) in [5.41, 5.74) is 8.71. The number of benzene rings is 2. The average molecular weight is 343 g/mol. The van der Waals surface area contributed by atoms with Gasteiger partial charge in [-0.05, 0) is 54.3 Å². The molecule has 0 fully saturated rings. The predicted molar refractivity (Wildman–Crippen MR) is 80.9 cm³/mol. The van der Waals surface area contributed by atoms with Crippen molar-refractivity contribution >= 4 is 27.5 Å². The quantitative estimate of drug-likeness (QED) is 0.852. The third kappa shape index (κ3) is 3.78. The lowest BCUT2D eigenvalue weighted by Crippen LogP contribution is -2.14. The highest BCUT2D eigenvalue weighted by Crippen LogP contribution is 2.24. The van der Waals surface area contributed by atoms with Crippen molar-refractivity contribution < 1.29 is 4.39 Å². The maximum atomic E-state index is 13.8. The first kappa shape index (κ1) is 14.5. The molecule has 0 saturated heterocycles. The van der Waals surface area contributed by atoms with E-state index in [2.05, 4.69) is 15.9 Å². The topological polar surface area (TPSA) is 26.0 Å². The number of rotatable bonds is 3. The molecule has 1 unspecified atom stereocenters. The zero-order chi connectivity index (χ0) is 14.0. The van der Waals surface area contributed by atoms with Gasteiger partial charge in [-0.25, -0.2) is 4.39 Å². The van der Waals surface area contributed by atoms with Gasteiger partial charge in [-0.1, -0.05) is 39.7 Å². The molecule has 0 radical (unpaired) electrons. The van der Waals surface area contributed by atoms with Crippen LogP contribution in [0.15, 0.2) is 40.9 Å². The van der Waals surface area contributed by atoms with Crippen LogP contribution in [0.5, 0.6) is 0 Å². The van der Waals surface area contributed by atoms with Crippen molar-refractivity contribution in [2.24, 2.45) is 5.73 Å². The second-order valence-corrected chi connectivity index (χ2v) is 5.96. The molecule has 0 saturated carbocycles. The lowest BCUT2D eigenvalue weighted by atomic mass is 9.98. The van der Waals surface area contributed by atoms with Gasteiger partial charge in [-0.3, -0.25) is 0 Å². The molecule has 0 aromatic heterocycles. The molecule has 1 nitrogen and oxygen atoms in total. The van der Waals surface area contributed by atoms with E-state index >= 15 is 0 Å². The molecule has 100 valence electrons. The van der Waals surface area contributed by atoms with E-state index in [1.54, 1.807) is 6.07 Å². The van der Waals surface area contributed by atoms with E-state index in [0.717, 1.165) is 15.6 Å². The largest absolute Gasteiger partial charge is 0.324 e. The van der Waals surface area contributed by atoms with Crippen LogP contribution < -0.4 is 5.73 Å². The molecular formula is C15H14BrClFN. The van der Waals surface area contributed by atoms with Crippen LogP contribution in [-0.2, 0) is 6.42 Å². The van der Waals surface area contributed by atoms with Crippen molar-refractivity contribution in [1.82, 2.24) is 0 Å². The molecule has 0 aliphatic heterocycles. The summed E-state index contributed by atoms with van der Waals surface area (Å²) < 4.78 is 14.5. The van der Waals surface area contributed by atoms with Crippen LogP contribution >= 0.6 is 27.5 Å². The second-order valence-electron chi connectivity index (χ2n) is 4.61. The number of aryl methyl sites for hydroxylation is 1. The Hall–Kier alpha value is -0.900. The molecule has 0 amide bonds. The molecule has 0 bridgehead atoms. The summed E-state index contributed by atoms with van der Waals surface area (Å²) in [6, 6.07) is 10.4. The SMILES string of the molecule is Cc1cc(Cl)cc(C(N)Cc2ccc(Br)cc2F)c1. The van der Waals surface area contributed by atoms with Crippen LogP contribution in [0, 0.1) is 12.7 Å². The Labute approximate surface area is 125 Å². The van der Waals surface area contributed by atoms with Crippen LogP contribution in [-0.4, -0.2) is 0 Å². The van der Waals surface area contributed by atoms with Gasteiger partial charge in [0.05, 0.1) is 0 Å². The number of hydrogen-bond donors (Lipinski definition) is 1. The number of hydrogen-bond acceptors (Lipinski definition) is 1. The first-order valence-electron chi connectivity index (χ1n) is 5.92. The predicted octanol–water partition coefficient (Wildman–Crippen LogP) is 4.79. The van der Waals surface area contributed by atoms with Gasteiger partial charge in [0, 0.05) is 15.5 Å². The molecule has 0 aliphatic rings. The lowest BCUT2D eigenvalue weighted by molar-refractivity contribution is 0.592. The Kier molecular flexibility index (Phi) is 4.61. The molecule has 0 aliphatic carbocycles. The summed E-state index contributed by atoms with van der Waals surface area (Å²) >= 11 is 9.25. The molecule has 2 aromatic carbocycles. The van der Waals surface area contributed by atoms with Crippen molar-refractivity contribution in [2.75, 3.05) is 0 Å². The third-order valence-electron chi connectivity index (χ3n) is 2.95. The van der Waals surface area contributed by atoms with Crippen LogP contribution in [0.3, 0.4) is 0 Å². The van der Waals surface area contributed by atoms with Gasteiger partial charge >= 0.3 is 0 Å². The van der Waals surface area contributed by atoms with Crippen molar-refractivity contribution in [1.29, 1.82) is 0 Å². The zero-order valence-electron chi connectivity index (χ0n) is 10.5. The third-order valence-corrected chi connectivity index (χ3v) is 3.66. The van der Waals surface area contributed by atoms with E-state index in [1.165, 1.54) is 6.07 Å². The van der Waals surface area contributed by atoms with E-state index in [1.807, 2.05) is 31.2 Å². The van der Waals surface area contributed by atoms with Gasteiger partial charge in [-0.2, -0.15) is 0 Å². The van der Waals surface area contributed by atoms with Crippen LogP contribution in [0.2, 0.25) is 5.02 Å². The standard InChI is InChI=1S/C15H14BrClFN/c1-9-4-11(6-13(17)5-9)15(19)7-10-2-3-12(16)8-14(10)18/h2-6,8,15H,7,19H2,1H3. The highest BCUT2D eigenvalue weighted by molar-refractivity contribution is 9.10. The molecule has 0 spiro atoms. The van der Waals surface area contributed by atoms with Gasteiger partial charge in [0.25, 0.3) is 0 Å². The number of nitrogens with two attached hydrogens (primary N) is 1. The fourth-order valence-corrected chi connectivity index (χ4v) is 2.65. The van der Waals surface area contributed by atoms with E-state index in [9.17, 15) is 4.39 Å². The molecule has 2 rings (SSSR count). The van der Waals surface area contributed by atoms with Crippen molar-refractivity contribution in [2.45, 2.75) is 19.4 Å². The maximum Gasteiger partial charge on any atom is 0.127 e. The van der Waals surface area contributed by atoms with Gasteiger partial charge < -0.3 is 5.73 Å². The lowest BCUT2D eigenvalue weighted by Gasteiger charge is -2.14. The van der Waals surface area contributed by atoms with E-state index < -0.39 is 0 Å². The average Bonchev–Trinajstić information content (AvgIpc) is 2.31. The zero-order valence-corrected chi connectivity index (χ0v) is 12.8. The van der Waals surface area contributed by atoms with Crippen LogP contribution in [0.4, 0.5) is 4.39 Å². The molecule has 4 heteroatoms. The summed E-state index contributed by atoms with van der Waals surface area (Å²) in [5, 5.41) is 0.654. The molecule has 0 heterocycles. The van der Waals surface area contributed by atoms with Crippen LogP contribution in [0.25, 0.3) is 0 Å². The Morgan fingerprint density at radius 3 is 2.63 bits per heavy atom. The monoisotopic (exact) mass is 341 g/mol. The molecule has 19 heavy (non-hydrogen) atoms. The highest BCUT2D eigenvalue weighted by atomic mass is 79.9. The summed E-state index contributed by atoms with van der Waals surface area (Å²) in [5.74, 6) is -0.247. The second kappa shape index (κ2) is 6.04. The summed E-state index contributed by atoms with van der Waals surface area (Å²) in [7, 11) is 0. The summed E-state index contributed by atoms with van der Waals surface area (Å²) in [4.78, 5) is 0. The Morgan fingerprint density at radius 2 is 2.00 bits per heavy atom. The maximum absolute atomic E-state index is 13.8. The van der Waals surface area contributed by atoms with Gasteiger partial charge in [-0.15, -0.1) is 0 Å². The molecular weight excluding hydrogens is 329 g/mol. The van der Waals surface area contributed by atoms with Gasteiger partial charge in [0.2, 0.25) is 0 Å². The Morgan fingerprint density at radius 1 is 1.26 bits per heavy atom. The minimum absolute atomic E-state index is 0.247. The van der Waals surface area contributed by atoms with Crippen molar-refractivity contribution in [3.63, 3.8) is 0 Å².